The van der Waals surface area contributed by atoms with Crippen molar-refractivity contribution in [3.8, 4) is 11.5 Å². The van der Waals surface area contributed by atoms with Crippen molar-refractivity contribution in [3.63, 3.8) is 0 Å². The van der Waals surface area contributed by atoms with Gasteiger partial charge in [-0.25, -0.2) is 4.99 Å². The number of rotatable bonds is 3. The molecule has 0 bridgehead atoms. The van der Waals surface area contributed by atoms with Gasteiger partial charge in [0, 0.05) is 26.2 Å². The van der Waals surface area contributed by atoms with Crippen LogP contribution in [0.5, 0.6) is 11.5 Å². The molecule has 0 aliphatic carbocycles. The summed E-state index contributed by atoms with van der Waals surface area (Å²) in [5.74, 6) is 1.62. The van der Waals surface area contributed by atoms with Crippen LogP contribution in [0.3, 0.4) is 0 Å². The van der Waals surface area contributed by atoms with Crippen LogP contribution in [0.25, 0.3) is 0 Å². The van der Waals surface area contributed by atoms with E-state index in [1.165, 1.54) is 12.5 Å². The van der Waals surface area contributed by atoms with E-state index >= 15 is 0 Å². The third-order valence-corrected chi connectivity index (χ3v) is 5.36. The lowest BCUT2D eigenvalue weighted by molar-refractivity contribution is -0.137. The summed E-state index contributed by atoms with van der Waals surface area (Å²) in [6.07, 6.45) is -2.09. The molecule has 2 aromatic rings. The van der Waals surface area contributed by atoms with Crippen LogP contribution in [-0.4, -0.2) is 48.4 Å². The van der Waals surface area contributed by atoms with E-state index in [4.69, 9.17) is 4.74 Å². The Morgan fingerprint density at radius 3 is 2.48 bits per heavy atom. The van der Waals surface area contributed by atoms with Crippen molar-refractivity contribution in [1.82, 2.24) is 9.80 Å². The smallest absolute Gasteiger partial charge is 0.416 e. The predicted octanol–water partition coefficient (Wildman–Crippen LogP) is 5.31. The Hall–Kier alpha value is -2.54. The Morgan fingerprint density at radius 1 is 1.00 bits per heavy atom. The first-order chi connectivity index (χ1) is 14.0. The maximum absolute atomic E-state index is 13.2. The molecule has 7 heteroatoms. The molecule has 29 heavy (non-hydrogen) atoms. The Morgan fingerprint density at radius 2 is 1.76 bits per heavy atom. The molecule has 0 amide bonds. The second-order valence-electron chi connectivity index (χ2n) is 7.40. The van der Waals surface area contributed by atoms with E-state index in [1.807, 2.05) is 24.3 Å². The van der Waals surface area contributed by atoms with Crippen molar-refractivity contribution in [1.29, 1.82) is 0 Å². The average molecular weight is 403 g/mol. The van der Waals surface area contributed by atoms with Crippen LogP contribution in [0.4, 0.5) is 18.9 Å². The summed E-state index contributed by atoms with van der Waals surface area (Å²) in [5, 5.41) is 0. The van der Waals surface area contributed by atoms with Crippen molar-refractivity contribution in [2.45, 2.75) is 25.9 Å². The van der Waals surface area contributed by atoms with Crippen LogP contribution in [0, 0.1) is 0 Å². The van der Waals surface area contributed by atoms with Gasteiger partial charge in [0.1, 0.15) is 17.3 Å². The number of amidine groups is 1. The van der Waals surface area contributed by atoms with Gasteiger partial charge in [-0.2, -0.15) is 13.2 Å². The number of hydrogen-bond acceptors (Lipinski definition) is 4. The van der Waals surface area contributed by atoms with Crippen molar-refractivity contribution in [3.05, 3.63) is 53.6 Å². The summed E-state index contributed by atoms with van der Waals surface area (Å²) in [5.41, 5.74) is 0.289. The predicted molar refractivity (Wildman–Crippen MR) is 107 cm³/mol. The molecule has 0 atom stereocenters. The van der Waals surface area contributed by atoms with E-state index in [1.54, 1.807) is 0 Å². The first-order valence-electron chi connectivity index (χ1n) is 10.00. The zero-order valence-corrected chi connectivity index (χ0v) is 16.4. The van der Waals surface area contributed by atoms with Gasteiger partial charge in [-0.05, 0) is 43.3 Å². The van der Waals surface area contributed by atoms with Crippen LogP contribution in [-0.2, 0) is 6.18 Å². The minimum atomic E-state index is -4.42. The Kier molecular flexibility index (Phi) is 5.50. The summed E-state index contributed by atoms with van der Waals surface area (Å²) in [4.78, 5) is 9.24. The number of unbranched alkanes of at least 4 members (excludes halogenated alkanes) is 1. The Labute approximate surface area is 168 Å². The van der Waals surface area contributed by atoms with Crippen LogP contribution < -0.4 is 4.74 Å². The second kappa shape index (κ2) is 8.06. The SMILES string of the molecule is CCCCN1CCN(C2=Nc3cc(C(F)(F)F)ccc3Oc3ccccc32)CC1. The lowest BCUT2D eigenvalue weighted by atomic mass is 10.1. The third kappa shape index (κ3) is 4.24. The molecule has 1 fully saturated rings. The lowest BCUT2D eigenvalue weighted by Gasteiger charge is -2.36. The number of para-hydroxylation sites is 1. The average Bonchev–Trinajstić information content (AvgIpc) is 2.88. The molecule has 2 aliphatic rings. The molecule has 2 aliphatic heterocycles. The number of ether oxygens (including phenoxy) is 1. The van der Waals surface area contributed by atoms with Gasteiger partial charge in [-0.3, -0.25) is 4.90 Å². The topological polar surface area (TPSA) is 28.1 Å². The van der Waals surface area contributed by atoms with E-state index in [2.05, 4.69) is 21.7 Å². The van der Waals surface area contributed by atoms with Gasteiger partial charge in [0.25, 0.3) is 0 Å². The second-order valence-corrected chi connectivity index (χ2v) is 7.40. The van der Waals surface area contributed by atoms with Crippen LogP contribution >= 0.6 is 0 Å². The highest BCUT2D eigenvalue weighted by molar-refractivity contribution is 6.03. The van der Waals surface area contributed by atoms with Gasteiger partial charge in [-0.15, -0.1) is 0 Å². The Bertz CT molecular complexity index is 902. The minimum Gasteiger partial charge on any atom is -0.454 e. The van der Waals surface area contributed by atoms with Gasteiger partial charge in [-0.1, -0.05) is 25.5 Å². The lowest BCUT2D eigenvalue weighted by Crippen LogP contribution is -2.49. The van der Waals surface area contributed by atoms with Gasteiger partial charge in [0.15, 0.2) is 5.75 Å². The molecule has 0 saturated carbocycles. The molecular weight excluding hydrogens is 379 g/mol. The monoisotopic (exact) mass is 403 g/mol. The first-order valence-corrected chi connectivity index (χ1v) is 10.00. The fraction of sp³-hybridized carbons (Fsp3) is 0.409. The normalized spacial score (nSPS) is 17.1. The summed E-state index contributed by atoms with van der Waals surface area (Å²) in [7, 11) is 0. The minimum absolute atomic E-state index is 0.208. The highest BCUT2D eigenvalue weighted by Gasteiger charge is 2.32. The third-order valence-electron chi connectivity index (χ3n) is 5.36. The largest absolute Gasteiger partial charge is 0.454 e. The maximum Gasteiger partial charge on any atom is 0.416 e. The van der Waals surface area contributed by atoms with Gasteiger partial charge < -0.3 is 9.64 Å². The number of nitrogens with zero attached hydrogens (tertiary/aromatic N) is 3. The molecule has 4 nitrogen and oxygen atoms in total. The molecule has 2 heterocycles. The quantitative estimate of drug-likeness (QED) is 0.696. The summed E-state index contributed by atoms with van der Waals surface area (Å²) < 4.78 is 45.6. The Balaban J connectivity index is 1.69. The summed E-state index contributed by atoms with van der Waals surface area (Å²) in [6.45, 7) is 6.65. The molecule has 0 spiro atoms. The van der Waals surface area contributed by atoms with Crippen molar-refractivity contribution < 1.29 is 17.9 Å². The zero-order chi connectivity index (χ0) is 20.4. The van der Waals surface area contributed by atoms with Crippen LogP contribution in [0.15, 0.2) is 47.5 Å². The van der Waals surface area contributed by atoms with Gasteiger partial charge >= 0.3 is 6.18 Å². The molecule has 1 saturated heterocycles. The van der Waals surface area contributed by atoms with E-state index in [9.17, 15) is 13.2 Å². The standard InChI is InChI=1S/C22H24F3N3O/c1-2-3-10-27-11-13-28(14-12-27)21-17-6-4-5-7-19(17)29-20-9-8-16(22(23,24)25)15-18(20)26-21/h4-9,15H,2-3,10-14H2,1H3. The van der Waals surface area contributed by atoms with Crippen molar-refractivity contribution >= 4 is 11.5 Å². The van der Waals surface area contributed by atoms with Crippen LogP contribution in [0.1, 0.15) is 30.9 Å². The molecule has 0 N–H and O–H groups in total. The van der Waals surface area contributed by atoms with E-state index in [0.717, 1.165) is 56.8 Å². The van der Waals surface area contributed by atoms with E-state index in [-0.39, 0.29) is 5.69 Å². The molecule has 0 radical (unpaired) electrons. The molecular formula is C22H24F3N3O. The fourth-order valence-corrected chi connectivity index (χ4v) is 3.71. The molecule has 4 rings (SSSR count). The fourth-order valence-electron chi connectivity index (χ4n) is 3.71. The van der Waals surface area contributed by atoms with Crippen LogP contribution in [0.2, 0.25) is 0 Å². The number of piperazine rings is 1. The maximum atomic E-state index is 13.2. The van der Waals surface area contributed by atoms with Crippen molar-refractivity contribution in [2.24, 2.45) is 4.99 Å². The first kappa shape index (κ1) is 19.8. The molecule has 154 valence electrons. The number of benzene rings is 2. The molecule has 0 aromatic heterocycles. The molecule has 2 aromatic carbocycles. The number of aliphatic imine (C=N–C) groups is 1. The number of fused-ring (bicyclic) bond motifs is 2. The van der Waals surface area contributed by atoms with Crippen molar-refractivity contribution in [2.75, 3.05) is 32.7 Å². The van der Waals surface area contributed by atoms with Gasteiger partial charge in [0.2, 0.25) is 0 Å². The summed E-state index contributed by atoms with van der Waals surface area (Å²) >= 11 is 0. The zero-order valence-electron chi connectivity index (χ0n) is 16.4. The van der Waals surface area contributed by atoms with E-state index in [0.29, 0.717) is 17.3 Å². The van der Waals surface area contributed by atoms with E-state index < -0.39 is 11.7 Å². The molecule has 0 unspecified atom stereocenters. The highest BCUT2D eigenvalue weighted by atomic mass is 19.4. The summed E-state index contributed by atoms with van der Waals surface area (Å²) in [6, 6.07) is 10.9. The number of hydrogen-bond donors (Lipinski definition) is 0. The highest BCUT2D eigenvalue weighted by Crippen LogP contribution is 2.41. The van der Waals surface area contributed by atoms with Gasteiger partial charge in [0.05, 0.1) is 11.1 Å². The number of halogens is 3. The number of alkyl halides is 3.